The zero-order chi connectivity index (χ0) is 20.7. The number of carbonyl (C=O) groups is 1. The quantitative estimate of drug-likeness (QED) is 0.415. The number of methoxy groups -OCH3 is 1. The third-order valence-corrected chi connectivity index (χ3v) is 3.64. The molecule has 10 heteroatoms. The number of nitrogens with one attached hydrogen (secondary N) is 1. The first kappa shape index (κ1) is 21.2. The van der Waals surface area contributed by atoms with Crippen molar-refractivity contribution in [2.24, 2.45) is 0 Å². The van der Waals surface area contributed by atoms with Crippen molar-refractivity contribution in [1.82, 2.24) is 0 Å². The van der Waals surface area contributed by atoms with E-state index < -0.39 is 22.6 Å². The van der Waals surface area contributed by atoms with Gasteiger partial charge < -0.3 is 14.8 Å². The summed E-state index contributed by atoms with van der Waals surface area (Å²) in [5.74, 6) is -0.521. The highest BCUT2D eigenvalue weighted by Gasteiger charge is 2.31. The highest BCUT2D eigenvalue weighted by molar-refractivity contribution is 5.93. The molecule has 1 N–H and O–H groups in total. The van der Waals surface area contributed by atoms with E-state index in [9.17, 15) is 28.1 Å². The average Bonchev–Trinajstić information content (AvgIpc) is 2.62. The van der Waals surface area contributed by atoms with Crippen LogP contribution in [0.25, 0.3) is 0 Å². The van der Waals surface area contributed by atoms with Gasteiger partial charge in [0.15, 0.2) is 0 Å². The second-order valence-corrected chi connectivity index (χ2v) is 5.70. The summed E-state index contributed by atoms with van der Waals surface area (Å²) in [5.41, 5.74) is -0.720. The number of nitro benzene ring substituents is 1. The van der Waals surface area contributed by atoms with Crippen LogP contribution < -0.4 is 10.1 Å². The van der Waals surface area contributed by atoms with E-state index in [1.165, 1.54) is 31.4 Å². The van der Waals surface area contributed by atoms with Crippen molar-refractivity contribution < 1.29 is 32.4 Å². The number of hydrogen-bond donors (Lipinski definition) is 1. The standard InChI is InChI=1S/C18H17F3N2O5/c1-27-8-9-28-16-7-4-13(18(19,20)21)11-15(16)22-17(24)10-12-2-5-14(6-3-12)23(25)26/h2-7,11H,8-10H2,1H3,(H,22,24). The van der Waals surface area contributed by atoms with Gasteiger partial charge in [-0.1, -0.05) is 12.1 Å². The molecule has 0 aliphatic heterocycles. The molecule has 0 unspecified atom stereocenters. The van der Waals surface area contributed by atoms with Gasteiger partial charge in [-0.2, -0.15) is 13.2 Å². The van der Waals surface area contributed by atoms with Gasteiger partial charge >= 0.3 is 6.18 Å². The molecule has 0 bridgehead atoms. The van der Waals surface area contributed by atoms with E-state index in [1.54, 1.807) is 0 Å². The molecule has 0 aromatic heterocycles. The lowest BCUT2D eigenvalue weighted by molar-refractivity contribution is -0.384. The number of non-ortho nitro benzene ring substituents is 1. The van der Waals surface area contributed by atoms with E-state index in [1.807, 2.05) is 0 Å². The van der Waals surface area contributed by atoms with Gasteiger partial charge in [-0.25, -0.2) is 0 Å². The predicted molar refractivity (Wildman–Crippen MR) is 94.2 cm³/mol. The molecule has 0 saturated heterocycles. The van der Waals surface area contributed by atoms with E-state index in [-0.39, 0.29) is 36.8 Å². The van der Waals surface area contributed by atoms with Crippen molar-refractivity contribution in [1.29, 1.82) is 0 Å². The molecule has 2 aromatic carbocycles. The molecule has 7 nitrogen and oxygen atoms in total. The summed E-state index contributed by atoms with van der Waals surface area (Å²) in [5, 5.41) is 13.0. The maximum absolute atomic E-state index is 13.0. The molecule has 0 fully saturated rings. The summed E-state index contributed by atoms with van der Waals surface area (Å²) in [6.45, 7) is 0.310. The molecule has 1 amide bonds. The van der Waals surface area contributed by atoms with Gasteiger partial charge in [0.05, 0.1) is 29.2 Å². The van der Waals surface area contributed by atoms with Crippen LogP contribution in [0, 0.1) is 10.1 Å². The number of anilines is 1. The number of carbonyl (C=O) groups excluding carboxylic acids is 1. The number of alkyl halides is 3. The summed E-state index contributed by atoms with van der Waals surface area (Å²) < 4.78 is 49.1. The topological polar surface area (TPSA) is 90.7 Å². The lowest BCUT2D eigenvalue weighted by Gasteiger charge is -2.15. The molecular formula is C18H17F3N2O5. The molecule has 0 radical (unpaired) electrons. The third-order valence-electron chi connectivity index (χ3n) is 3.64. The van der Waals surface area contributed by atoms with Crippen molar-refractivity contribution in [3.05, 3.63) is 63.7 Å². The SMILES string of the molecule is COCCOc1ccc(C(F)(F)F)cc1NC(=O)Cc1ccc([N+](=O)[O-])cc1. The zero-order valence-corrected chi connectivity index (χ0v) is 14.8. The molecule has 150 valence electrons. The Morgan fingerprint density at radius 2 is 1.82 bits per heavy atom. The smallest absolute Gasteiger partial charge is 0.416 e. The number of nitrogens with zero attached hydrogens (tertiary/aromatic N) is 1. The molecule has 28 heavy (non-hydrogen) atoms. The molecule has 0 saturated carbocycles. The summed E-state index contributed by atoms with van der Waals surface area (Å²) >= 11 is 0. The molecular weight excluding hydrogens is 381 g/mol. The lowest BCUT2D eigenvalue weighted by Crippen LogP contribution is -2.17. The molecule has 0 heterocycles. The Kier molecular flexibility index (Phi) is 6.94. The van der Waals surface area contributed by atoms with Crippen molar-refractivity contribution in [3.63, 3.8) is 0 Å². The van der Waals surface area contributed by atoms with Gasteiger partial charge in [0, 0.05) is 19.2 Å². The molecule has 2 aromatic rings. The number of nitro groups is 1. The van der Waals surface area contributed by atoms with Gasteiger partial charge in [-0.3, -0.25) is 14.9 Å². The van der Waals surface area contributed by atoms with Crippen LogP contribution in [0.2, 0.25) is 0 Å². The van der Waals surface area contributed by atoms with Crippen LogP contribution in [0.15, 0.2) is 42.5 Å². The second-order valence-electron chi connectivity index (χ2n) is 5.70. The maximum atomic E-state index is 13.0. The summed E-state index contributed by atoms with van der Waals surface area (Å²) in [4.78, 5) is 22.3. The minimum absolute atomic E-state index is 0.0714. The Balaban J connectivity index is 2.16. The van der Waals surface area contributed by atoms with Crippen LogP contribution in [0.5, 0.6) is 5.75 Å². The Morgan fingerprint density at radius 1 is 1.14 bits per heavy atom. The van der Waals surface area contributed by atoms with Crippen LogP contribution in [0.4, 0.5) is 24.5 Å². The van der Waals surface area contributed by atoms with Gasteiger partial charge in [-0.05, 0) is 23.8 Å². The Bertz CT molecular complexity index is 838. The molecule has 0 atom stereocenters. The molecule has 0 spiro atoms. The lowest BCUT2D eigenvalue weighted by atomic mass is 10.1. The van der Waals surface area contributed by atoms with Crippen LogP contribution in [0.1, 0.15) is 11.1 Å². The molecule has 2 rings (SSSR count). The van der Waals surface area contributed by atoms with E-state index in [2.05, 4.69) is 5.32 Å². The van der Waals surface area contributed by atoms with Crippen LogP contribution in [0.3, 0.4) is 0 Å². The Morgan fingerprint density at radius 3 is 2.39 bits per heavy atom. The predicted octanol–water partition coefficient (Wildman–Crippen LogP) is 3.82. The first-order valence-electron chi connectivity index (χ1n) is 8.07. The fourth-order valence-corrected chi connectivity index (χ4v) is 2.28. The largest absolute Gasteiger partial charge is 0.489 e. The number of hydrogen-bond acceptors (Lipinski definition) is 5. The van der Waals surface area contributed by atoms with E-state index in [4.69, 9.17) is 9.47 Å². The first-order chi connectivity index (χ1) is 13.2. The minimum atomic E-state index is -4.58. The fourth-order valence-electron chi connectivity index (χ4n) is 2.28. The first-order valence-corrected chi connectivity index (χ1v) is 8.07. The average molecular weight is 398 g/mol. The van der Waals surface area contributed by atoms with Crippen LogP contribution in [-0.4, -0.2) is 31.2 Å². The molecule has 0 aliphatic rings. The van der Waals surface area contributed by atoms with Crippen LogP contribution in [-0.2, 0) is 22.1 Å². The van der Waals surface area contributed by atoms with Crippen molar-refractivity contribution in [2.45, 2.75) is 12.6 Å². The number of halogens is 3. The fraction of sp³-hybridized carbons (Fsp3) is 0.278. The van der Waals surface area contributed by atoms with E-state index in [0.717, 1.165) is 18.2 Å². The Labute approximate surface area is 158 Å². The normalized spacial score (nSPS) is 11.1. The number of rotatable bonds is 8. The van der Waals surface area contributed by atoms with Gasteiger partial charge in [0.2, 0.25) is 5.91 Å². The van der Waals surface area contributed by atoms with Gasteiger partial charge in [0.25, 0.3) is 5.69 Å². The Hall–Kier alpha value is -3.14. The number of amides is 1. The second kappa shape index (κ2) is 9.18. The minimum Gasteiger partial charge on any atom is -0.489 e. The highest BCUT2D eigenvalue weighted by atomic mass is 19.4. The van der Waals surface area contributed by atoms with Crippen LogP contribution >= 0.6 is 0 Å². The third kappa shape index (κ3) is 5.95. The van der Waals surface area contributed by atoms with E-state index in [0.29, 0.717) is 5.56 Å². The highest BCUT2D eigenvalue weighted by Crippen LogP contribution is 2.35. The van der Waals surface area contributed by atoms with Crippen molar-refractivity contribution >= 4 is 17.3 Å². The van der Waals surface area contributed by atoms with E-state index >= 15 is 0 Å². The zero-order valence-electron chi connectivity index (χ0n) is 14.8. The number of benzene rings is 2. The van der Waals surface area contributed by atoms with Crippen molar-refractivity contribution in [2.75, 3.05) is 25.6 Å². The maximum Gasteiger partial charge on any atom is 0.416 e. The van der Waals surface area contributed by atoms with Crippen molar-refractivity contribution in [3.8, 4) is 5.75 Å². The summed E-state index contributed by atoms with van der Waals surface area (Å²) in [6, 6.07) is 8.06. The monoisotopic (exact) mass is 398 g/mol. The summed E-state index contributed by atoms with van der Waals surface area (Å²) in [7, 11) is 1.45. The summed E-state index contributed by atoms with van der Waals surface area (Å²) in [6.07, 6.45) is -4.76. The number of ether oxygens (including phenoxy) is 2. The van der Waals surface area contributed by atoms with Gasteiger partial charge in [0.1, 0.15) is 12.4 Å². The molecule has 0 aliphatic carbocycles. The van der Waals surface area contributed by atoms with Gasteiger partial charge in [-0.15, -0.1) is 0 Å².